The minimum Gasteiger partial charge on any atom is -0.473 e. The monoisotopic (exact) mass is 195 g/mol. The van der Waals surface area contributed by atoms with Gasteiger partial charge in [-0.1, -0.05) is 0 Å². The van der Waals surface area contributed by atoms with Crippen molar-refractivity contribution in [1.82, 2.24) is 4.73 Å². The fourth-order valence-electron chi connectivity index (χ4n) is 0.697. The van der Waals surface area contributed by atoms with E-state index in [1.807, 2.05) is 12.1 Å². The summed E-state index contributed by atoms with van der Waals surface area (Å²) in [5, 5.41) is 8.04. The van der Waals surface area contributed by atoms with Gasteiger partial charge in [0, 0.05) is 12.4 Å². The molecule has 0 saturated carbocycles. The highest BCUT2D eigenvalue weighted by molar-refractivity contribution is 5.57. The highest BCUT2D eigenvalue weighted by Crippen LogP contribution is 1.84. The van der Waals surface area contributed by atoms with Crippen LogP contribution >= 0.6 is 0 Å². The molecule has 0 amide bonds. The first kappa shape index (κ1) is 9.91. The Balaban J connectivity index is 0.000000165. The SMILES string of the molecule is O=C(O)On1cccc1.c1ccoc1. The first-order valence-corrected chi connectivity index (χ1v) is 3.80. The van der Waals surface area contributed by atoms with E-state index >= 15 is 0 Å². The van der Waals surface area contributed by atoms with Gasteiger partial charge in [-0.2, -0.15) is 4.73 Å². The third-order valence-corrected chi connectivity index (χ3v) is 1.19. The number of furan rings is 1. The molecule has 0 aliphatic carbocycles. The molecule has 14 heavy (non-hydrogen) atoms. The van der Waals surface area contributed by atoms with Crippen molar-refractivity contribution in [1.29, 1.82) is 0 Å². The van der Waals surface area contributed by atoms with E-state index in [1.54, 1.807) is 24.7 Å². The first-order valence-electron chi connectivity index (χ1n) is 3.80. The number of rotatable bonds is 1. The number of hydrogen-bond donors (Lipinski definition) is 1. The van der Waals surface area contributed by atoms with Gasteiger partial charge < -0.3 is 14.4 Å². The van der Waals surface area contributed by atoms with E-state index in [4.69, 9.17) is 5.11 Å². The summed E-state index contributed by atoms with van der Waals surface area (Å²) in [7, 11) is 0. The number of nitrogens with zero attached hydrogens (tertiary/aromatic N) is 1. The molecule has 5 heteroatoms. The molecule has 2 rings (SSSR count). The Morgan fingerprint density at radius 2 is 1.71 bits per heavy atom. The van der Waals surface area contributed by atoms with E-state index in [2.05, 4.69) is 9.25 Å². The third-order valence-electron chi connectivity index (χ3n) is 1.19. The first-order chi connectivity index (χ1) is 6.79. The van der Waals surface area contributed by atoms with Crippen LogP contribution in [-0.4, -0.2) is 16.0 Å². The fraction of sp³-hybridized carbons (Fsp3) is 0. The lowest BCUT2D eigenvalue weighted by Crippen LogP contribution is -2.14. The van der Waals surface area contributed by atoms with Crippen molar-refractivity contribution in [2.24, 2.45) is 0 Å². The second-order valence-corrected chi connectivity index (χ2v) is 2.19. The van der Waals surface area contributed by atoms with Crippen LogP contribution in [0.15, 0.2) is 53.6 Å². The maximum Gasteiger partial charge on any atom is 0.531 e. The minimum absolute atomic E-state index is 1.10. The Bertz CT molecular complexity index is 322. The van der Waals surface area contributed by atoms with E-state index in [0.717, 1.165) is 4.73 Å². The second-order valence-electron chi connectivity index (χ2n) is 2.19. The zero-order valence-electron chi connectivity index (χ0n) is 7.24. The highest BCUT2D eigenvalue weighted by atomic mass is 16.8. The quantitative estimate of drug-likeness (QED) is 0.754. The van der Waals surface area contributed by atoms with Gasteiger partial charge in [-0.25, -0.2) is 4.79 Å². The standard InChI is InChI=1S/C5H5NO3.C4H4O/c7-5(8)9-6-3-1-2-4-6;1-2-4-5-3-1/h1-4H,(H,7,8);1-4H. The molecule has 0 spiro atoms. The predicted molar refractivity (Wildman–Crippen MR) is 47.7 cm³/mol. The van der Waals surface area contributed by atoms with Crippen LogP contribution in [0.5, 0.6) is 0 Å². The van der Waals surface area contributed by atoms with Gasteiger partial charge in [-0.3, -0.25) is 0 Å². The molecular weight excluding hydrogens is 186 g/mol. The maximum atomic E-state index is 9.82. The minimum atomic E-state index is -1.31. The van der Waals surface area contributed by atoms with Crippen molar-refractivity contribution in [3.63, 3.8) is 0 Å². The number of aromatic nitrogens is 1. The Hall–Kier alpha value is -2.17. The third kappa shape index (κ3) is 4.01. The molecule has 0 atom stereocenters. The lowest BCUT2D eigenvalue weighted by atomic mass is 10.7. The number of hydrogen-bond acceptors (Lipinski definition) is 3. The zero-order chi connectivity index (χ0) is 10.2. The van der Waals surface area contributed by atoms with Crippen LogP contribution in [0.3, 0.4) is 0 Å². The molecule has 5 nitrogen and oxygen atoms in total. The molecule has 1 N–H and O–H groups in total. The van der Waals surface area contributed by atoms with Gasteiger partial charge in [0.1, 0.15) is 0 Å². The molecule has 0 aliphatic heterocycles. The smallest absolute Gasteiger partial charge is 0.473 e. The molecule has 74 valence electrons. The predicted octanol–water partition coefficient (Wildman–Crippen LogP) is 1.87. The summed E-state index contributed by atoms with van der Waals surface area (Å²) in [6, 6.07) is 7.01. The molecule has 0 saturated heterocycles. The van der Waals surface area contributed by atoms with E-state index < -0.39 is 6.16 Å². The van der Waals surface area contributed by atoms with Gasteiger partial charge in [0.05, 0.1) is 12.5 Å². The van der Waals surface area contributed by atoms with Crippen molar-refractivity contribution in [2.45, 2.75) is 0 Å². The van der Waals surface area contributed by atoms with Crippen LogP contribution in [-0.2, 0) is 0 Å². The van der Waals surface area contributed by atoms with E-state index in [0.29, 0.717) is 0 Å². The molecule has 2 aromatic rings. The Kier molecular flexibility index (Phi) is 3.87. The Labute approximate surface area is 80.1 Å². The Morgan fingerprint density at radius 1 is 1.14 bits per heavy atom. The van der Waals surface area contributed by atoms with Crippen molar-refractivity contribution >= 4 is 6.16 Å². The van der Waals surface area contributed by atoms with Crippen molar-refractivity contribution in [2.75, 3.05) is 0 Å². The maximum absolute atomic E-state index is 9.82. The van der Waals surface area contributed by atoms with Crippen LogP contribution in [0.25, 0.3) is 0 Å². The van der Waals surface area contributed by atoms with Gasteiger partial charge in [-0.15, -0.1) is 0 Å². The van der Waals surface area contributed by atoms with Crippen molar-refractivity contribution in [3.8, 4) is 0 Å². The molecule has 0 aromatic carbocycles. The largest absolute Gasteiger partial charge is 0.531 e. The molecule has 2 heterocycles. The lowest BCUT2D eigenvalue weighted by molar-refractivity contribution is 0.0821. The summed E-state index contributed by atoms with van der Waals surface area (Å²) in [5.41, 5.74) is 0. The normalized spacial score (nSPS) is 8.57. The molecule has 0 fully saturated rings. The summed E-state index contributed by atoms with van der Waals surface area (Å²) < 4.78 is 5.68. The summed E-state index contributed by atoms with van der Waals surface area (Å²) in [5.74, 6) is 0. The molecule has 0 aliphatic rings. The van der Waals surface area contributed by atoms with Crippen LogP contribution < -0.4 is 4.84 Å². The van der Waals surface area contributed by atoms with Crippen molar-refractivity contribution < 1.29 is 19.2 Å². The zero-order valence-corrected chi connectivity index (χ0v) is 7.24. The van der Waals surface area contributed by atoms with Crippen LogP contribution in [0.4, 0.5) is 4.79 Å². The lowest BCUT2D eigenvalue weighted by Gasteiger charge is -1.95. The van der Waals surface area contributed by atoms with Crippen LogP contribution in [0, 0.1) is 0 Å². The summed E-state index contributed by atoms with van der Waals surface area (Å²) in [4.78, 5) is 14.0. The fourth-order valence-corrected chi connectivity index (χ4v) is 0.697. The van der Waals surface area contributed by atoms with Gasteiger partial charge >= 0.3 is 6.16 Å². The van der Waals surface area contributed by atoms with E-state index in [-0.39, 0.29) is 0 Å². The summed E-state index contributed by atoms with van der Waals surface area (Å²) >= 11 is 0. The molecular formula is C9H9NO4. The molecule has 0 bridgehead atoms. The summed E-state index contributed by atoms with van der Waals surface area (Å²) in [6.45, 7) is 0. The summed E-state index contributed by atoms with van der Waals surface area (Å²) in [6.07, 6.45) is 4.92. The van der Waals surface area contributed by atoms with Gasteiger partial charge in [0.15, 0.2) is 0 Å². The van der Waals surface area contributed by atoms with Gasteiger partial charge in [0.2, 0.25) is 0 Å². The molecule has 0 radical (unpaired) electrons. The number of carbonyl (C=O) groups is 1. The number of carboxylic acid groups (broad SMARTS) is 1. The van der Waals surface area contributed by atoms with Gasteiger partial charge in [-0.05, 0) is 24.3 Å². The van der Waals surface area contributed by atoms with E-state index in [1.165, 1.54) is 12.4 Å². The van der Waals surface area contributed by atoms with Gasteiger partial charge in [0.25, 0.3) is 0 Å². The topological polar surface area (TPSA) is 64.6 Å². The van der Waals surface area contributed by atoms with E-state index in [9.17, 15) is 4.79 Å². The van der Waals surface area contributed by atoms with Crippen molar-refractivity contribution in [3.05, 3.63) is 49.2 Å². The molecule has 2 aromatic heterocycles. The Morgan fingerprint density at radius 3 is 2.07 bits per heavy atom. The average molecular weight is 195 g/mol. The van der Waals surface area contributed by atoms with Crippen LogP contribution in [0.2, 0.25) is 0 Å². The highest BCUT2D eigenvalue weighted by Gasteiger charge is 1.94. The van der Waals surface area contributed by atoms with Crippen LogP contribution in [0.1, 0.15) is 0 Å². The second kappa shape index (κ2) is 5.47. The molecule has 0 unspecified atom stereocenters. The average Bonchev–Trinajstić information content (AvgIpc) is 2.75.